The van der Waals surface area contributed by atoms with E-state index in [1.807, 2.05) is 24.3 Å². The lowest BCUT2D eigenvalue weighted by atomic mass is 10.1. The molecule has 1 atom stereocenters. The highest BCUT2D eigenvalue weighted by Gasteiger charge is 2.17. The van der Waals surface area contributed by atoms with E-state index in [0.29, 0.717) is 17.4 Å². The van der Waals surface area contributed by atoms with E-state index < -0.39 is 12.0 Å². The lowest BCUT2D eigenvalue weighted by molar-refractivity contribution is -0.138. The van der Waals surface area contributed by atoms with Crippen LogP contribution in [0.3, 0.4) is 0 Å². The summed E-state index contributed by atoms with van der Waals surface area (Å²) in [6.07, 6.45) is 0.837. The second kappa shape index (κ2) is 7.05. The molecule has 0 fully saturated rings. The number of carboxylic acid groups (broad SMARTS) is 1. The van der Waals surface area contributed by atoms with E-state index in [4.69, 9.17) is 15.6 Å². The third-order valence-electron chi connectivity index (χ3n) is 2.96. The highest BCUT2D eigenvalue weighted by molar-refractivity contribution is 7.13. The van der Waals surface area contributed by atoms with E-state index in [9.17, 15) is 4.79 Å². The Labute approximate surface area is 126 Å². The molecule has 0 aliphatic heterocycles. The van der Waals surface area contributed by atoms with E-state index in [2.05, 4.69) is 10.3 Å². The maximum Gasteiger partial charge on any atom is 0.326 e. The summed E-state index contributed by atoms with van der Waals surface area (Å²) >= 11 is 1.35. The van der Waals surface area contributed by atoms with Crippen molar-refractivity contribution in [3.63, 3.8) is 0 Å². The Hall–Kier alpha value is -2.12. The van der Waals surface area contributed by atoms with Gasteiger partial charge in [-0.2, -0.15) is 0 Å². The predicted octanol–water partition coefficient (Wildman–Crippen LogP) is 1.89. The number of benzene rings is 1. The van der Waals surface area contributed by atoms with Gasteiger partial charge in [0.15, 0.2) is 5.13 Å². The molecule has 4 N–H and O–H groups in total. The number of nitrogens with one attached hydrogen (secondary N) is 1. The second-order valence-corrected chi connectivity index (χ2v) is 5.28. The molecule has 0 radical (unpaired) electrons. The summed E-state index contributed by atoms with van der Waals surface area (Å²) in [4.78, 5) is 14.9. The molecule has 1 heterocycles. The minimum absolute atomic E-state index is 0.374. The van der Waals surface area contributed by atoms with Crippen molar-refractivity contribution >= 4 is 22.4 Å². The molecule has 0 aliphatic rings. The first-order valence-corrected chi connectivity index (χ1v) is 7.28. The molecule has 112 valence electrons. The van der Waals surface area contributed by atoms with Gasteiger partial charge in [0.25, 0.3) is 0 Å². The van der Waals surface area contributed by atoms with Crippen molar-refractivity contribution in [3.05, 3.63) is 40.9 Å². The topological polar surface area (TPSA) is 97.5 Å². The number of carbonyl (C=O) groups is 1. The molecular formula is C14H17N3O3S. The Balaban J connectivity index is 1.84. The second-order valence-electron chi connectivity index (χ2n) is 4.42. The average molecular weight is 307 g/mol. The zero-order valence-corrected chi connectivity index (χ0v) is 12.4. The molecule has 0 saturated carbocycles. The van der Waals surface area contributed by atoms with Gasteiger partial charge in [-0.15, -0.1) is 11.3 Å². The third kappa shape index (κ3) is 4.17. The fourth-order valence-electron chi connectivity index (χ4n) is 1.74. The van der Waals surface area contributed by atoms with Gasteiger partial charge in [0.2, 0.25) is 0 Å². The normalized spacial score (nSPS) is 11.9. The first kappa shape index (κ1) is 15.3. The molecule has 7 heteroatoms. The first-order chi connectivity index (χ1) is 10.1. The van der Waals surface area contributed by atoms with Gasteiger partial charge in [-0.05, 0) is 24.1 Å². The molecular weight excluding hydrogens is 290 g/mol. The van der Waals surface area contributed by atoms with Gasteiger partial charge < -0.3 is 20.9 Å². The maximum absolute atomic E-state index is 10.8. The van der Waals surface area contributed by atoms with Gasteiger partial charge in [0.1, 0.15) is 11.8 Å². The van der Waals surface area contributed by atoms with Crippen molar-refractivity contribution in [1.82, 2.24) is 4.98 Å². The smallest absolute Gasteiger partial charge is 0.326 e. The quantitative estimate of drug-likeness (QED) is 0.722. The number of anilines is 1. The highest BCUT2D eigenvalue weighted by Crippen LogP contribution is 2.19. The summed E-state index contributed by atoms with van der Waals surface area (Å²) in [5, 5.41) is 14.3. The molecule has 2 aromatic rings. The number of nitrogens with two attached hydrogens (primary N) is 1. The molecule has 0 aliphatic carbocycles. The Kier molecular flexibility index (Phi) is 5.13. The van der Waals surface area contributed by atoms with Crippen LogP contribution < -0.4 is 15.8 Å². The number of hydrogen-bond donors (Lipinski definition) is 3. The fraction of sp³-hybridized carbons (Fsp3) is 0.286. The number of aliphatic carboxylic acids is 1. The van der Waals surface area contributed by atoms with Crippen molar-refractivity contribution in [3.8, 4) is 5.75 Å². The van der Waals surface area contributed by atoms with Gasteiger partial charge in [0.05, 0.1) is 12.8 Å². The van der Waals surface area contributed by atoms with Gasteiger partial charge >= 0.3 is 5.97 Å². The standard InChI is InChI=1S/C14H17N3O3S/c1-20-10-4-2-9(3-5-10)6-7-16-14-17-11(8-21-14)12(15)13(18)19/h2-5,8,12H,6-7,15H2,1H3,(H,16,17)(H,18,19). The van der Waals surface area contributed by atoms with Crippen LogP contribution in [0.25, 0.3) is 0 Å². The number of rotatable bonds is 7. The van der Waals surface area contributed by atoms with E-state index >= 15 is 0 Å². The molecule has 21 heavy (non-hydrogen) atoms. The number of ether oxygens (including phenoxy) is 1. The molecule has 1 aromatic heterocycles. The number of hydrogen-bond acceptors (Lipinski definition) is 6. The zero-order valence-electron chi connectivity index (χ0n) is 11.6. The molecule has 1 unspecified atom stereocenters. The summed E-state index contributed by atoms with van der Waals surface area (Å²) in [5.41, 5.74) is 7.06. The molecule has 0 bridgehead atoms. The van der Waals surface area contributed by atoms with E-state index in [1.165, 1.54) is 16.9 Å². The lowest BCUT2D eigenvalue weighted by Crippen LogP contribution is -2.21. The Morgan fingerprint density at radius 1 is 1.48 bits per heavy atom. The number of thiazole rings is 1. The summed E-state index contributed by atoms with van der Waals surface area (Å²) in [5.74, 6) is -0.246. The van der Waals surface area contributed by atoms with Crippen LogP contribution >= 0.6 is 11.3 Å². The fourth-order valence-corrected chi connectivity index (χ4v) is 2.52. The van der Waals surface area contributed by atoms with Crippen molar-refractivity contribution in [2.45, 2.75) is 12.5 Å². The molecule has 0 saturated heterocycles. The highest BCUT2D eigenvalue weighted by atomic mass is 32.1. The largest absolute Gasteiger partial charge is 0.497 e. The predicted molar refractivity (Wildman–Crippen MR) is 81.9 cm³/mol. The summed E-state index contributed by atoms with van der Waals surface area (Å²) < 4.78 is 5.10. The van der Waals surface area contributed by atoms with E-state index in [1.54, 1.807) is 12.5 Å². The van der Waals surface area contributed by atoms with Crippen LogP contribution in [-0.2, 0) is 11.2 Å². The van der Waals surface area contributed by atoms with Crippen LogP contribution in [0.1, 0.15) is 17.3 Å². The monoisotopic (exact) mass is 307 g/mol. The third-order valence-corrected chi connectivity index (χ3v) is 3.77. The lowest BCUT2D eigenvalue weighted by Gasteiger charge is -2.05. The Morgan fingerprint density at radius 3 is 2.81 bits per heavy atom. The minimum Gasteiger partial charge on any atom is -0.497 e. The summed E-state index contributed by atoms with van der Waals surface area (Å²) in [6, 6.07) is 6.78. The van der Waals surface area contributed by atoms with Crippen LogP contribution in [0, 0.1) is 0 Å². The van der Waals surface area contributed by atoms with Crippen LogP contribution in [0.2, 0.25) is 0 Å². The number of aromatic nitrogens is 1. The van der Waals surface area contributed by atoms with Gasteiger partial charge in [-0.25, -0.2) is 4.98 Å². The molecule has 0 spiro atoms. The van der Waals surface area contributed by atoms with Crippen LogP contribution in [-0.4, -0.2) is 29.7 Å². The maximum atomic E-state index is 10.8. The van der Waals surface area contributed by atoms with Gasteiger partial charge in [-0.1, -0.05) is 12.1 Å². The Bertz CT molecular complexity index is 598. The molecule has 2 rings (SSSR count). The van der Waals surface area contributed by atoms with Crippen LogP contribution in [0.4, 0.5) is 5.13 Å². The summed E-state index contributed by atoms with van der Waals surface area (Å²) in [7, 11) is 1.64. The van der Waals surface area contributed by atoms with Gasteiger partial charge in [0, 0.05) is 11.9 Å². The Morgan fingerprint density at radius 2 is 2.19 bits per heavy atom. The minimum atomic E-state index is -1.08. The van der Waals surface area contributed by atoms with Gasteiger partial charge in [-0.3, -0.25) is 4.79 Å². The number of methoxy groups -OCH3 is 1. The van der Waals surface area contributed by atoms with Crippen LogP contribution in [0.15, 0.2) is 29.6 Å². The molecule has 1 aromatic carbocycles. The van der Waals surface area contributed by atoms with E-state index in [0.717, 1.165) is 12.2 Å². The molecule has 6 nitrogen and oxygen atoms in total. The van der Waals surface area contributed by atoms with Crippen LogP contribution in [0.5, 0.6) is 5.75 Å². The average Bonchev–Trinajstić information content (AvgIpc) is 2.96. The van der Waals surface area contributed by atoms with Crippen molar-refractivity contribution in [1.29, 1.82) is 0 Å². The first-order valence-electron chi connectivity index (χ1n) is 6.40. The molecule has 0 amide bonds. The van der Waals surface area contributed by atoms with Crippen molar-refractivity contribution < 1.29 is 14.6 Å². The SMILES string of the molecule is COc1ccc(CCNc2nc(C(N)C(=O)O)cs2)cc1. The van der Waals surface area contributed by atoms with E-state index in [-0.39, 0.29) is 0 Å². The van der Waals surface area contributed by atoms with Crippen molar-refractivity contribution in [2.24, 2.45) is 5.73 Å². The number of nitrogens with zero attached hydrogens (tertiary/aromatic N) is 1. The number of carboxylic acids is 1. The van der Waals surface area contributed by atoms with Crippen molar-refractivity contribution in [2.75, 3.05) is 19.0 Å². The summed E-state index contributed by atoms with van der Waals surface area (Å²) in [6.45, 7) is 0.710. The zero-order chi connectivity index (χ0) is 15.2.